The lowest BCUT2D eigenvalue weighted by molar-refractivity contribution is -0.139. The summed E-state index contributed by atoms with van der Waals surface area (Å²) in [7, 11) is -3.17. The van der Waals surface area contributed by atoms with E-state index in [9.17, 15) is 18.0 Å². The van der Waals surface area contributed by atoms with Crippen molar-refractivity contribution in [3.8, 4) is 0 Å². The maximum atomic E-state index is 12.5. The van der Waals surface area contributed by atoms with Gasteiger partial charge in [-0.1, -0.05) is 0 Å². The summed E-state index contributed by atoms with van der Waals surface area (Å²) in [5.41, 5.74) is 0. The number of nitrogens with zero attached hydrogens (tertiary/aromatic N) is 2. The first-order valence-corrected chi connectivity index (χ1v) is 9.08. The van der Waals surface area contributed by atoms with Crippen molar-refractivity contribution in [1.82, 2.24) is 14.5 Å². The first-order valence-electron chi connectivity index (χ1n) is 7.47. The Morgan fingerprint density at radius 2 is 1.95 bits per heavy atom. The third-order valence-electron chi connectivity index (χ3n) is 4.13. The van der Waals surface area contributed by atoms with Crippen LogP contribution >= 0.6 is 0 Å². The summed E-state index contributed by atoms with van der Waals surface area (Å²) in [6.45, 7) is 3.73. The highest BCUT2D eigenvalue weighted by molar-refractivity contribution is 7.89. The Kier molecular flexibility index (Phi) is 5.21. The third kappa shape index (κ3) is 3.94. The van der Waals surface area contributed by atoms with Crippen LogP contribution in [0.3, 0.4) is 0 Å². The van der Waals surface area contributed by atoms with Crippen molar-refractivity contribution in [2.24, 2.45) is 5.92 Å². The van der Waals surface area contributed by atoms with Crippen LogP contribution < -0.4 is 5.32 Å². The second kappa shape index (κ2) is 6.74. The highest BCUT2D eigenvalue weighted by Crippen LogP contribution is 2.22. The van der Waals surface area contributed by atoms with Gasteiger partial charge in [0.2, 0.25) is 21.8 Å². The summed E-state index contributed by atoms with van der Waals surface area (Å²) >= 11 is 0. The van der Waals surface area contributed by atoms with Crippen LogP contribution in [0.4, 0.5) is 0 Å². The van der Waals surface area contributed by atoms with Gasteiger partial charge in [-0.05, 0) is 26.2 Å². The summed E-state index contributed by atoms with van der Waals surface area (Å²) in [5, 5.41) is 2.75. The van der Waals surface area contributed by atoms with Crippen LogP contribution in [0.25, 0.3) is 0 Å². The molecule has 2 aliphatic heterocycles. The van der Waals surface area contributed by atoms with Crippen molar-refractivity contribution >= 4 is 21.8 Å². The fourth-order valence-electron chi connectivity index (χ4n) is 2.82. The van der Waals surface area contributed by atoms with Crippen molar-refractivity contribution in [1.29, 1.82) is 0 Å². The molecule has 0 radical (unpaired) electrons. The molecular formula is C13H23N3O4S. The second-order valence-corrected chi connectivity index (χ2v) is 7.79. The Morgan fingerprint density at radius 3 is 2.57 bits per heavy atom. The molecule has 0 aromatic carbocycles. The van der Waals surface area contributed by atoms with E-state index in [0.717, 1.165) is 6.42 Å². The molecule has 2 aliphatic rings. The minimum Gasteiger partial charge on any atom is -0.354 e. The molecule has 0 aromatic rings. The van der Waals surface area contributed by atoms with E-state index in [1.165, 1.54) is 4.31 Å². The van der Waals surface area contributed by atoms with E-state index >= 15 is 0 Å². The Balaban J connectivity index is 1.92. The molecule has 1 N–H and O–H groups in total. The van der Waals surface area contributed by atoms with E-state index in [1.54, 1.807) is 11.8 Å². The Labute approximate surface area is 125 Å². The zero-order chi connectivity index (χ0) is 15.5. The van der Waals surface area contributed by atoms with Crippen LogP contribution in [0, 0.1) is 5.92 Å². The van der Waals surface area contributed by atoms with Gasteiger partial charge in [-0.25, -0.2) is 12.7 Å². The summed E-state index contributed by atoms with van der Waals surface area (Å²) < 4.78 is 25.1. The molecule has 2 rings (SSSR count). The number of carbonyl (C=O) groups excluding carboxylic acids is 2. The van der Waals surface area contributed by atoms with E-state index in [4.69, 9.17) is 0 Å². The minimum atomic E-state index is -3.17. The molecule has 2 amide bonds. The first-order chi connectivity index (χ1) is 9.94. The van der Waals surface area contributed by atoms with Gasteiger partial charge in [0.05, 0.1) is 12.3 Å². The van der Waals surface area contributed by atoms with Gasteiger partial charge in [-0.15, -0.1) is 0 Å². The van der Waals surface area contributed by atoms with Crippen LogP contribution in [-0.4, -0.2) is 67.9 Å². The standard InChI is InChI=1S/C13H23N3O4S/c1-2-21(19,20)16-8-4-11(5-9-16)13(18)15-7-3-6-14-12(17)10-15/h11H,2-10H2,1H3,(H,14,17). The predicted octanol–water partition coefficient (Wildman–Crippen LogP) is -0.603. The smallest absolute Gasteiger partial charge is 0.239 e. The molecule has 7 nitrogen and oxygen atoms in total. The van der Waals surface area contributed by atoms with Crippen LogP contribution in [0.2, 0.25) is 0 Å². The monoisotopic (exact) mass is 317 g/mol. The Bertz CT molecular complexity index is 498. The van der Waals surface area contributed by atoms with Crippen molar-refractivity contribution in [3.63, 3.8) is 0 Å². The molecule has 8 heteroatoms. The van der Waals surface area contributed by atoms with E-state index < -0.39 is 10.0 Å². The molecule has 0 aliphatic carbocycles. The zero-order valence-electron chi connectivity index (χ0n) is 12.4. The molecule has 120 valence electrons. The van der Waals surface area contributed by atoms with Gasteiger partial charge in [0, 0.05) is 32.1 Å². The molecule has 0 unspecified atom stereocenters. The van der Waals surface area contributed by atoms with E-state index in [1.807, 2.05) is 0 Å². The topological polar surface area (TPSA) is 86.8 Å². The van der Waals surface area contributed by atoms with Crippen LogP contribution in [-0.2, 0) is 19.6 Å². The first kappa shape index (κ1) is 16.2. The number of hydrogen-bond acceptors (Lipinski definition) is 4. The van der Waals surface area contributed by atoms with Crippen LogP contribution in [0.5, 0.6) is 0 Å². The quantitative estimate of drug-likeness (QED) is 0.753. The van der Waals surface area contributed by atoms with Crippen molar-refractivity contribution in [2.45, 2.75) is 26.2 Å². The van der Waals surface area contributed by atoms with Crippen molar-refractivity contribution in [2.75, 3.05) is 38.5 Å². The van der Waals surface area contributed by atoms with Gasteiger partial charge in [-0.3, -0.25) is 9.59 Å². The molecule has 0 atom stereocenters. The van der Waals surface area contributed by atoms with Gasteiger partial charge in [-0.2, -0.15) is 0 Å². The van der Waals surface area contributed by atoms with Crippen molar-refractivity contribution < 1.29 is 18.0 Å². The van der Waals surface area contributed by atoms with Gasteiger partial charge in [0.15, 0.2) is 0 Å². The maximum Gasteiger partial charge on any atom is 0.239 e. The number of hydrogen-bond donors (Lipinski definition) is 1. The molecule has 2 heterocycles. The predicted molar refractivity (Wildman–Crippen MR) is 78.0 cm³/mol. The van der Waals surface area contributed by atoms with Gasteiger partial charge >= 0.3 is 0 Å². The molecule has 0 saturated carbocycles. The summed E-state index contributed by atoms with van der Waals surface area (Å²) in [4.78, 5) is 25.6. The zero-order valence-corrected chi connectivity index (χ0v) is 13.2. The van der Waals surface area contributed by atoms with Crippen LogP contribution in [0.15, 0.2) is 0 Å². The van der Waals surface area contributed by atoms with E-state index in [-0.39, 0.29) is 30.0 Å². The molecule has 0 bridgehead atoms. The summed E-state index contributed by atoms with van der Waals surface area (Å²) in [6.07, 6.45) is 1.84. The lowest BCUT2D eigenvalue weighted by Crippen LogP contribution is -2.46. The fourth-order valence-corrected chi connectivity index (χ4v) is 3.95. The van der Waals surface area contributed by atoms with Gasteiger partial charge < -0.3 is 10.2 Å². The average Bonchev–Trinajstić information content (AvgIpc) is 2.71. The molecule has 21 heavy (non-hydrogen) atoms. The van der Waals surface area contributed by atoms with Gasteiger partial charge in [0.1, 0.15) is 0 Å². The third-order valence-corrected chi connectivity index (χ3v) is 6.02. The number of piperidine rings is 1. The highest BCUT2D eigenvalue weighted by Gasteiger charge is 2.33. The molecule has 2 fully saturated rings. The molecule has 2 saturated heterocycles. The SMILES string of the molecule is CCS(=O)(=O)N1CCC(C(=O)N2CCCNC(=O)C2)CC1. The number of nitrogens with one attached hydrogen (secondary N) is 1. The number of amides is 2. The fraction of sp³-hybridized carbons (Fsp3) is 0.846. The van der Waals surface area contributed by atoms with E-state index in [0.29, 0.717) is 39.0 Å². The number of carbonyl (C=O) groups is 2. The lowest BCUT2D eigenvalue weighted by Gasteiger charge is -2.32. The second-order valence-electron chi connectivity index (χ2n) is 5.54. The normalized spacial score (nSPS) is 22.7. The molecular weight excluding hydrogens is 294 g/mol. The summed E-state index contributed by atoms with van der Waals surface area (Å²) in [5.74, 6) is -0.204. The Morgan fingerprint density at radius 1 is 1.29 bits per heavy atom. The van der Waals surface area contributed by atoms with E-state index in [2.05, 4.69) is 5.32 Å². The van der Waals surface area contributed by atoms with Crippen molar-refractivity contribution in [3.05, 3.63) is 0 Å². The average molecular weight is 317 g/mol. The lowest BCUT2D eigenvalue weighted by atomic mass is 9.96. The number of rotatable bonds is 3. The number of sulfonamides is 1. The van der Waals surface area contributed by atoms with Crippen LogP contribution in [0.1, 0.15) is 26.2 Å². The Hall–Kier alpha value is -1.15. The highest BCUT2D eigenvalue weighted by atomic mass is 32.2. The minimum absolute atomic E-state index is 0.0133. The largest absolute Gasteiger partial charge is 0.354 e. The molecule has 0 spiro atoms. The van der Waals surface area contributed by atoms with Gasteiger partial charge in [0.25, 0.3) is 0 Å². The molecule has 0 aromatic heterocycles. The maximum absolute atomic E-state index is 12.5. The summed E-state index contributed by atoms with van der Waals surface area (Å²) in [6, 6.07) is 0.